The summed E-state index contributed by atoms with van der Waals surface area (Å²) in [6.45, 7) is 8.14. The van der Waals surface area contributed by atoms with E-state index >= 15 is 0 Å². The highest BCUT2D eigenvalue weighted by Crippen LogP contribution is 2.37. The van der Waals surface area contributed by atoms with Crippen molar-refractivity contribution in [3.63, 3.8) is 0 Å². The van der Waals surface area contributed by atoms with Crippen LogP contribution in [0.4, 0.5) is 4.39 Å². The summed E-state index contributed by atoms with van der Waals surface area (Å²) in [6, 6.07) is 3.94. The monoisotopic (exact) mass is 572 g/mol. The number of halogens is 1. The molecule has 3 fully saturated rings. The second kappa shape index (κ2) is 12.1. The summed E-state index contributed by atoms with van der Waals surface area (Å²) in [5, 5.41) is 13.3. The maximum atomic E-state index is 13.1. The molecule has 1 saturated carbocycles. The predicted molar refractivity (Wildman–Crippen MR) is 158 cm³/mol. The molecule has 220 valence electrons. The van der Waals surface area contributed by atoms with E-state index < -0.39 is 17.8 Å². The van der Waals surface area contributed by atoms with E-state index in [1.807, 2.05) is 24.1 Å². The summed E-state index contributed by atoms with van der Waals surface area (Å²) in [6.07, 6.45) is 7.72. The fourth-order valence-electron chi connectivity index (χ4n) is 6.82. The zero-order chi connectivity index (χ0) is 28.5. The van der Waals surface area contributed by atoms with Gasteiger partial charge in [0, 0.05) is 43.4 Å². The number of aliphatic imine (C=N–C) groups is 1. The van der Waals surface area contributed by atoms with Gasteiger partial charge in [-0.15, -0.1) is 0 Å². The molecule has 0 radical (unpaired) electrons. The smallest absolute Gasteiger partial charge is 0.253 e. The molecule has 5 rings (SSSR count). The maximum absolute atomic E-state index is 13.1. The first-order chi connectivity index (χ1) is 19.1. The third kappa shape index (κ3) is 6.26. The molecule has 7 nitrogen and oxygen atoms in total. The average molecular weight is 573 g/mol. The number of benzene rings is 1. The highest BCUT2D eigenvalue weighted by Gasteiger charge is 2.47. The minimum absolute atomic E-state index is 0.0462. The summed E-state index contributed by atoms with van der Waals surface area (Å²) in [4.78, 5) is 32.8. The molecule has 2 N–H and O–H groups in total. The first kappa shape index (κ1) is 29.5. The van der Waals surface area contributed by atoms with Crippen LogP contribution in [0.2, 0.25) is 0 Å². The van der Waals surface area contributed by atoms with Crippen LogP contribution in [0.3, 0.4) is 0 Å². The van der Waals surface area contributed by atoms with Crippen molar-refractivity contribution in [1.82, 2.24) is 14.5 Å². The van der Waals surface area contributed by atoms with Crippen LogP contribution in [0, 0.1) is 25.7 Å². The summed E-state index contributed by atoms with van der Waals surface area (Å²) in [7, 11) is 0. The molecule has 1 aromatic carbocycles. The zero-order valence-electron chi connectivity index (χ0n) is 24.3. The van der Waals surface area contributed by atoms with Crippen molar-refractivity contribution >= 4 is 29.6 Å². The molecular weight excluding hydrogens is 527 g/mol. The van der Waals surface area contributed by atoms with Gasteiger partial charge >= 0.3 is 0 Å². The van der Waals surface area contributed by atoms with Crippen molar-refractivity contribution in [1.29, 1.82) is 0 Å². The Labute approximate surface area is 242 Å². The fraction of sp³-hybridized carbons (Fsp3) is 0.710. The van der Waals surface area contributed by atoms with Crippen molar-refractivity contribution in [2.24, 2.45) is 16.8 Å². The van der Waals surface area contributed by atoms with Gasteiger partial charge in [0.05, 0.1) is 5.60 Å². The summed E-state index contributed by atoms with van der Waals surface area (Å²) in [5.74, 6) is 3.15. The lowest BCUT2D eigenvalue weighted by atomic mass is 9.82. The van der Waals surface area contributed by atoms with Crippen molar-refractivity contribution in [2.45, 2.75) is 89.7 Å². The standard InChI is InChI=1S/C31H45FN4O3S/c1-21-4-6-24(7-5-21)27-33-29(38)31(34-27)11-15-36(16-12-31)40-17-8-26-22(2)18-25(19-23(26)3)28(37)35-13-9-30(39,20-32)10-14-35/h18-19,21,24,39H,4-17,20H2,1-3H3,(H,33,34,38). The largest absolute Gasteiger partial charge is 0.387 e. The molecule has 9 heteroatoms. The van der Waals surface area contributed by atoms with Gasteiger partial charge < -0.3 is 15.3 Å². The van der Waals surface area contributed by atoms with E-state index in [1.54, 1.807) is 4.90 Å². The molecule has 3 heterocycles. The number of nitrogens with one attached hydrogen (secondary N) is 1. The number of piperidine rings is 2. The van der Waals surface area contributed by atoms with Crippen molar-refractivity contribution in [3.8, 4) is 0 Å². The SMILES string of the molecule is Cc1cc(C(=O)N2CCC(O)(CF)CC2)cc(C)c1CCSN1CCC2(CC1)N=C(C1CCC(C)CC1)NC2=O. The minimum atomic E-state index is -1.29. The number of amidine groups is 1. The minimum Gasteiger partial charge on any atom is -0.387 e. The Morgan fingerprint density at radius 3 is 2.30 bits per heavy atom. The molecular formula is C31H45FN4O3S. The highest BCUT2D eigenvalue weighted by atomic mass is 32.2. The van der Waals surface area contributed by atoms with E-state index in [-0.39, 0.29) is 24.7 Å². The number of aryl methyl sites for hydroxylation is 2. The van der Waals surface area contributed by atoms with Gasteiger partial charge in [0.2, 0.25) is 0 Å². The molecule has 0 unspecified atom stereocenters. The van der Waals surface area contributed by atoms with Gasteiger partial charge in [0.15, 0.2) is 0 Å². The second-order valence-corrected chi connectivity index (χ2v) is 13.9. The molecule has 0 bridgehead atoms. The number of amides is 2. The zero-order valence-corrected chi connectivity index (χ0v) is 25.1. The lowest BCUT2D eigenvalue weighted by molar-refractivity contribution is -0.124. The first-order valence-electron chi connectivity index (χ1n) is 15.1. The Morgan fingerprint density at radius 1 is 1.07 bits per heavy atom. The third-order valence-electron chi connectivity index (χ3n) is 9.75. The quantitative estimate of drug-likeness (QED) is 0.466. The number of likely N-dealkylation sites (tertiary alicyclic amines) is 1. The van der Waals surface area contributed by atoms with Crippen LogP contribution in [0.25, 0.3) is 0 Å². The number of carbonyl (C=O) groups is 2. The highest BCUT2D eigenvalue weighted by molar-refractivity contribution is 7.97. The number of carbonyl (C=O) groups excluding carboxylic acids is 2. The van der Waals surface area contributed by atoms with Gasteiger partial charge in [0.25, 0.3) is 11.8 Å². The molecule has 0 atom stereocenters. The summed E-state index contributed by atoms with van der Waals surface area (Å²) in [5.41, 5.74) is 2.31. The van der Waals surface area contributed by atoms with Crippen molar-refractivity contribution in [3.05, 3.63) is 34.4 Å². The van der Waals surface area contributed by atoms with E-state index in [4.69, 9.17) is 4.99 Å². The van der Waals surface area contributed by atoms with Crippen LogP contribution in [-0.4, -0.2) is 81.7 Å². The van der Waals surface area contributed by atoms with Gasteiger partial charge in [-0.1, -0.05) is 31.7 Å². The molecule has 2 amide bonds. The van der Waals surface area contributed by atoms with Crippen molar-refractivity contribution in [2.75, 3.05) is 38.6 Å². The Hall–Kier alpha value is -1.97. The average Bonchev–Trinajstić information content (AvgIpc) is 3.26. The molecule has 1 spiro atoms. The van der Waals surface area contributed by atoms with Crippen LogP contribution in [0.15, 0.2) is 17.1 Å². The van der Waals surface area contributed by atoms with E-state index in [2.05, 4.69) is 30.4 Å². The van der Waals surface area contributed by atoms with E-state index in [9.17, 15) is 19.1 Å². The Balaban J connectivity index is 1.11. The second-order valence-electron chi connectivity index (χ2n) is 12.7. The predicted octanol–water partition coefficient (Wildman–Crippen LogP) is 4.62. The van der Waals surface area contributed by atoms with Gasteiger partial charge in [-0.3, -0.25) is 18.9 Å². The van der Waals surface area contributed by atoms with Gasteiger partial charge in [-0.25, -0.2) is 4.39 Å². The lowest BCUT2D eigenvalue weighted by Gasteiger charge is -2.36. The number of hydrogen-bond donors (Lipinski definition) is 2. The molecule has 4 aliphatic rings. The van der Waals surface area contributed by atoms with Gasteiger partial charge in [-0.05, 0) is 93.5 Å². The Kier molecular flexibility index (Phi) is 8.93. The van der Waals surface area contributed by atoms with Crippen LogP contribution in [0.1, 0.15) is 85.3 Å². The van der Waals surface area contributed by atoms with E-state index in [0.29, 0.717) is 24.6 Å². The van der Waals surface area contributed by atoms with Crippen molar-refractivity contribution < 1.29 is 19.1 Å². The molecule has 40 heavy (non-hydrogen) atoms. The van der Waals surface area contributed by atoms with Crippen LogP contribution in [-0.2, 0) is 11.2 Å². The molecule has 1 aromatic rings. The number of nitrogens with zero attached hydrogens (tertiary/aromatic N) is 3. The molecule has 3 aliphatic heterocycles. The number of rotatable bonds is 7. The van der Waals surface area contributed by atoms with E-state index in [1.165, 1.54) is 18.4 Å². The maximum Gasteiger partial charge on any atom is 0.253 e. The number of alkyl halides is 1. The Bertz CT molecular complexity index is 1110. The normalized spacial score (nSPS) is 26.6. The molecule has 2 saturated heterocycles. The molecule has 1 aliphatic carbocycles. The third-order valence-corrected chi connectivity index (χ3v) is 10.9. The summed E-state index contributed by atoms with van der Waals surface area (Å²) >= 11 is 1.84. The summed E-state index contributed by atoms with van der Waals surface area (Å²) < 4.78 is 15.5. The topological polar surface area (TPSA) is 85.2 Å². The number of aliphatic hydroxyl groups is 1. The van der Waals surface area contributed by atoms with E-state index in [0.717, 1.165) is 73.8 Å². The van der Waals surface area contributed by atoms with Crippen LogP contribution in [0.5, 0.6) is 0 Å². The van der Waals surface area contributed by atoms with Gasteiger partial charge in [0.1, 0.15) is 18.0 Å². The first-order valence-corrected chi connectivity index (χ1v) is 16.0. The lowest BCUT2D eigenvalue weighted by Crippen LogP contribution is -2.47. The number of hydrogen-bond acceptors (Lipinski definition) is 6. The fourth-order valence-corrected chi connectivity index (χ4v) is 7.82. The van der Waals surface area contributed by atoms with Gasteiger partial charge in [-0.2, -0.15) is 0 Å². The molecule has 0 aromatic heterocycles. The van der Waals surface area contributed by atoms with Crippen LogP contribution < -0.4 is 5.32 Å². The Morgan fingerprint density at radius 2 is 1.70 bits per heavy atom. The van der Waals surface area contributed by atoms with Crippen LogP contribution >= 0.6 is 11.9 Å².